The molecule has 0 radical (unpaired) electrons. The third-order valence-electron chi connectivity index (χ3n) is 3.79. The summed E-state index contributed by atoms with van der Waals surface area (Å²) < 4.78 is 18.3. The molecule has 0 saturated heterocycles. The summed E-state index contributed by atoms with van der Waals surface area (Å²) in [5.41, 5.74) is 1.35. The van der Waals surface area contributed by atoms with E-state index in [4.69, 9.17) is 4.52 Å². The highest BCUT2D eigenvalue weighted by Crippen LogP contribution is 2.17. The molecule has 2 aromatic carbocycles. The van der Waals surface area contributed by atoms with Crippen LogP contribution < -0.4 is 5.32 Å². The monoisotopic (exact) mass is 354 g/mol. The average molecular weight is 354 g/mol. The summed E-state index contributed by atoms with van der Waals surface area (Å²) in [7, 11) is 0. The van der Waals surface area contributed by atoms with E-state index in [1.165, 1.54) is 24.3 Å². The fourth-order valence-corrected chi connectivity index (χ4v) is 2.39. The molecule has 0 bridgehead atoms. The van der Waals surface area contributed by atoms with Crippen molar-refractivity contribution in [2.75, 3.05) is 5.32 Å². The molecule has 0 saturated carbocycles. The highest BCUT2D eigenvalue weighted by Gasteiger charge is 2.21. The van der Waals surface area contributed by atoms with Gasteiger partial charge in [-0.3, -0.25) is 0 Å². The van der Waals surface area contributed by atoms with E-state index >= 15 is 0 Å². The fraction of sp³-hybridized carbons (Fsp3) is 0.211. The van der Waals surface area contributed by atoms with Crippen LogP contribution in [-0.2, 0) is 6.54 Å². The number of aromatic nitrogens is 2. The molecule has 0 aliphatic heterocycles. The Morgan fingerprint density at radius 2 is 1.85 bits per heavy atom. The summed E-state index contributed by atoms with van der Waals surface area (Å²) in [6, 6.07) is 14.6. The Morgan fingerprint density at radius 1 is 1.15 bits per heavy atom. The second-order valence-electron chi connectivity index (χ2n) is 6.04. The van der Waals surface area contributed by atoms with Crippen LogP contribution in [-0.4, -0.2) is 27.1 Å². The van der Waals surface area contributed by atoms with Crippen LogP contribution in [0, 0.1) is 5.82 Å². The maximum absolute atomic E-state index is 13.0. The van der Waals surface area contributed by atoms with E-state index in [0.29, 0.717) is 17.4 Å². The SMILES string of the molecule is CC(C)N(Cc1nc(-c2ccccc2)no1)C(=O)Nc1ccc(F)cc1. The van der Waals surface area contributed by atoms with Crippen LogP contribution >= 0.6 is 0 Å². The van der Waals surface area contributed by atoms with Gasteiger partial charge in [0.2, 0.25) is 11.7 Å². The van der Waals surface area contributed by atoms with Crippen LogP contribution in [0.2, 0.25) is 0 Å². The molecule has 0 fully saturated rings. The minimum absolute atomic E-state index is 0.0949. The predicted molar refractivity (Wildman–Crippen MR) is 95.8 cm³/mol. The van der Waals surface area contributed by atoms with Gasteiger partial charge in [-0.15, -0.1) is 0 Å². The number of nitrogens with one attached hydrogen (secondary N) is 1. The molecule has 3 rings (SSSR count). The lowest BCUT2D eigenvalue weighted by atomic mass is 10.2. The molecule has 6 nitrogen and oxygen atoms in total. The highest BCUT2D eigenvalue weighted by molar-refractivity contribution is 5.89. The molecule has 134 valence electrons. The smallest absolute Gasteiger partial charge is 0.322 e. The Hall–Kier alpha value is -3.22. The maximum atomic E-state index is 13.0. The van der Waals surface area contributed by atoms with E-state index in [9.17, 15) is 9.18 Å². The van der Waals surface area contributed by atoms with Gasteiger partial charge in [0.1, 0.15) is 12.4 Å². The summed E-state index contributed by atoms with van der Waals surface area (Å²) in [5.74, 6) is 0.457. The zero-order valence-electron chi connectivity index (χ0n) is 14.5. The molecule has 2 amide bonds. The van der Waals surface area contributed by atoms with E-state index in [0.717, 1.165) is 5.56 Å². The Morgan fingerprint density at radius 3 is 2.50 bits per heavy atom. The first-order chi connectivity index (χ1) is 12.5. The third kappa shape index (κ3) is 4.24. The van der Waals surface area contributed by atoms with Crippen LogP contribution in [0.5, 0.6) is 0 Å². The molecular weight excluding hydrogens is 335 g/mol. The number of urea groups is 1. The first kappa shape index (κ1) is 17.6. The number of nitrogens with zero attached hydrogens (tertiary/aromatic N) is 3. The Balaban J connectivity index is 1.71. The van der Waals surface area contributed by atoms with Crippen LogP contribution in [0.4, 0.5) is 14.9 Å². The molecule has 1 heterocycles. The largest absolute Gasteiger partial charge is 0.337 e. The van der Waals surface area contributed by atoms with Gasteiger partial charge in [0.05, 0.1) is 0 Å². The van der Waals surface area contributed by atoms with E-state index in [1.807, 2.05) is 44.2 Å². The van der Waals surface area contributed by atoms with E-state index in [2.05, 4.69) is 15.5 Å². The molecule has 0 spiro atoms. The standard InChI is InChI=1S/C19H19FN4O2/c1-13(2)24(19(25)21-16-10-8-15(20)9-11-16)12-17-22-18(23-26-17)14-6-4-3-5-7-14/h3-11,13H,12H2,1-2H3,(H,21,25). The van der Waals surface area contributed by atoms with E-state index in [-0.39, 0.29) is 24.4 Å². The van der Waals surface area contributed by atoms with Crippen molar-refractivity contribution in [3.8, 4) is 11.4 Å². The topological polar surface area (TPSA) is 71.3 Å². The van der Waals surface area contributed by atoms with Crippen LogP contribution in [0.3, 0.4) is 0 Å². The molecule has 26 heavy (non-hydrogen) atoms. The molecule has 0 aliphatic carbocycles. The van der Waals surface area contributed by atoms with Crippen molar-refractivity contribution in [3.63, 3.8) is 0 Å². The van der Waals surface area contributed by atoms with Crippen molar-refractivity contribution < 1.29 is 13.7 Å². The zero-order chi connectivity index (χ0) is 18.5. The van der Waals surface area contributed by atoms with Crippen molar-refractivity contribution >= 4 is 11.7 Å². The summed E-state index contributed by atoms with van der Waals surface area (Å²) in [4.78, 5) is 18.5. The number of hydrogen-bond acceptors (Lipinski definition) is 4. The lowest BCUT2D eigenvalue weighted by Gasteiger charge is -2.25. The van der Waals surface area contributed by atoms with Crippen molar-refractivity contribution in [1.29, 1.82) is 0 Å². The van der Waals surface area contributed by atoms with Gasteiger partial charge in [0.25, 0.3) is 0 Å². The van der Waals surface area contributed by atoms with Crippen LogP contribution in [0.25, 0.3) is 11.4 Å². The molecule has 0 aliphatic rings. The van der Waals surface area contributed by atoms with Crippen molar-refractivity contribution in [2.24, 2.45) is 0 Å². The number of amides is 2. The summed E-state index contributed by atoms with van der Waals surface area (Å²) in [6.45, 7) is 3.95. The minimum Gasteiger partial charge on any atom is -0.337 e. The normalized spacial score (nSPS) is 10.8. The first-order valence-electron chi connectivity index (χ1n) is 8.24. The minimum atomic E-state index is -0.358. The summed E-state index contributed by atoms with van der Waals surface area (Å²) >= 11 is 0. The quantitative estimate of drug-likeness (QED) is 0.741. The van der Waals surface area contributed by atoms with Gasteiger partial charge < -0.3 is 14.7 Å². The number of benzene rings is 2. The molecule has 0 unspecified atom stereocenters. The molecular formula is C19H19FN4O2. The van der Waals surface area contributed by atoms with Crippen molar-refractivity contribution in [1.82, 2.24) is 15.0 Å². The third-order valence-corrected chi connectivity index (χ3v) is 3.79. The number of hydrogen-bond donors (Lipinski definition) is 1. The highest BCUT2D eigenvalue weighted by atomic mass is 19.1. The Labute approximate surface area is 150 Å². The van der Waals surface area contributed by atoms with Gasteiger partial charge >= 0.3 is 6.03 Å². The lowest BCUT2D eigenvalue weighted by Crippen LogP contribution is -2.39. The van der Waals surface area contributed by atoms with Crippen LogP contribution in [0.15, 0.2) is 59.1 Å². The lowest BCUT2D eigenvalue weighted by molar-refractivity contribution is 0.182. The van der Waals surface area contributed by atoms with Crippen molar-refractivity contribution in [2.45, 2.75) is 26.4 Å². The number of rotatable bonds is 5. The number of halogens is 1. The Bertz CT molecular complexity index is 863. The zero-order valence-corrected chi connectivity index (χ0v) is 14.5. The molecule has 0 atom stereocenters. The Kier molecular flexibility index (Phi) is 5.26. The fourth-order valence-electron chi connectivity index (χ4n) is 2.39. The molecule has 7 heteroatoms. The second-order valence-corrected chi connectivity index (χ2v) is 6.04. The van der Waals surface area contributed by atoms with E-state index < -0.39 is 0 Å². The molecule has 1 N–H and O–H groups in total. The first-order valence-corrected chi connectivity index (χ1v) is 8.24. The number of carbonyl (C=O) groups is 1. The summed E-state index contributed by atoms with van der Waals surface area (Å²) in [6.07, 6.45) is 0. The van der Waals surface area contributed by atoms with Gasteiger partial charge in [-0.1, -0.05) is 35.5 Å². The van der Waals surface area contributed by atoms with Gasteiger partial charge in [0, 0.05) is 17.3 Å². The van der Waals surface area contributed by atoms with Crippen LogP contribution in [0.1, 0.15) is 19.7 Å². The van der Waals surface area contributed by atoms with Gasteiger partial charge in [-0.2, -0.15) is 4.98 Å². The average Bonchev–Trinajstić information content (AvgIpc) is 3.11. The van der Waals surface area contributed by atoms with Gasteiger partial charge in [-0.05, 0) is 38.1 Å². The van der Waals surface area contributed by atoms with Crippen molar-refractivity contribution in [3.05, 3.63) is 66.3 Å². The molecule has 1 aromatic heterocycles. The van der Waals surface area contributed by atoms with Gasteiger partial charge in [-0.25, -0.2) is 9.18 Å². The second kappa shape index (κ2) is 7.77. The summed E-state index contributed by atoms with van der Waals surface area (Å²) in [5, 5.41) is 6.71. The maximum Gasteiger partial charge on any atom is 0.322 e. The number of carbonyl (C=O) groups excluding carboxylic acids is 1. The predicted octanol–water partition coefficient (Wildman–Crippen LogP) is 4.32. The van der Waals surface area contributed by atoms with E-state index in [1.54, 1.807) is 4.90 Å². The van der Waals surface area contributed by atoms with Gasteiger partial charge in [0.15, 0.2) is 0 Å². The number of anilines is 1. The molecule has 3 aromatic rings.